The van der Waals surface area contributed by atoms with Crippen molar-refractivity contribution >= 4 is 11.8 Å². The lowest BCUT2D eigenvalue weighted by molar-refractivity contribution is 0.0367. The van der Waals surface area contributed by atoms with Crippen LogP contribution in [0.5, 0.6) is 0 Å². The molecule has 1 aliphatic heterocycles. The number of aromatic nitrogens is 2. The van der Waals surface area contributed by atoms with Crippen LogP contribution < -0.4 is 0 Å². The molecule has 0 bridgehead atoms. The van der Waals surface area contributed by atoms with Gasteiger partial charge in [-0.1, -0.05) is 18.2 Å². The lowest BCUT2D eigenvalue weighted by Crippen LogP contribution is -2.08. The van der Waals surface area contributed by atoms with E-state index in [9.17, 15) is 9.59 Å². The molecule has 0 spiro atoms. The fraction of sp³-hybridized carbons (Fsp3) is 0.105. The summed E-state index contributed by atoms with van der Waals surface area (Å²) in [6.45, 7) is 0. The van der Waals surface area contributed by atoms with Crippen molar-refractivity contribution in [2.75, 3.05) is 0 Å². The summed E-state index contributed by atoms with van der Waals surface area (Å²) in [5.41, 5.74) is 2.86. The van der Waals surface area contributed by atoms with Gasteiger partial charge in [0.15, 0.2) is 5.78 Å². The van der Waals surface area contributed by atoms with E-state index in [-0.39, 0.29) is 18.2 Å². The molecule has 1 aliphatic rings. The molecule has 1 atom stereocenters. The molecule has 0 fully saturated rings. The second-order valence-corrected chi connectivity index (χ2v) is 5.63. The number of hydrogen-bond acceptors (Lipinski definition) is 4. The Kier molecular flexibility index (Phi) is 3.46. The quantitative estimate of drug-likeness (QED) is 0.547. The maximum atomic E-state index is 12.5. The van der Waals surface area contributed by atoms with E-state index in [2.05, 4.69) is 4.98 Å². The van der Waals surface area contributed by atoms with Gasteiger partial charge in [0, 0.05) is 29.2 Å². The van der Waals surface area contributed by atoms with Gasteiger partial charge in [0.25, 0.3) is 0 Å². The molecule has 3 aromatic rings. The lowest BCUT2D eigenvalue weighted by Gasteiger charge is -2.10. The Morgan fingerprint density at radius 3 is 2.67 bits per heavy atom. The zero-order valence-electron chi connectivity index (χ0n) is 12.8. The summed E-state index contributed by atoms with van der Waals surface area (Å²) in [6.07, 6.45) is 4.88. The number of fused-ring (bicyclic) bond motifs is 1. The van der Waals surface area contributed by atoms with Gasteiger partial charge in [-0.25, -0.2) is 9.78 Å². The summed E-state index contributed by atoms with van der Waals surface area (Å²) in [7, 11) is 0. The summed E-state index contributed by atoms with van der Waals surface area (Å²) < 4.78 is 7.20. The van der Waals surface area contributed by atoms with Crippen LogP contribution in [0.15, 0.2) is 67.3 Å². The molecule has 0 radical (unpaired) electrons. The van der Waals surface area contributed by atoms with Crippen LogP contribution in [0.2, 0.25) is 0 Å². The van der Waals surface area contributed by atoms with Crippen molar-refractivity contribution in [3.63, 3.8) is 0 Å². The number of imidazole rings is 1. The highest BCUT2D eigenvalue weighted by atomic mass is 16.5. The predicted molar refractivity (Wildman–Crippen MR) is 87.1 cm³/mol. The first-order valence-electron chi connectivity index (χ1n) is 7.64. The Bertz CT molecular complexity index is 899. The maximum absolute atomic E-state index is 12.5. The Hall–Kier alpha value is -3.21. The normalized spacial score (nSPS) is 15.8. The first-order valence-corrected chi connectivity index (χ1v) is 7.64. The maximum Gasteiger partial charge on any atom is 0.339 e. The molecular formula is C19H14N2O3. The highest BCUT2D eigenvalue weighted by molar-refractivity contribution is 5.99. The van der Waals surface area contributed by atoms with Gasteiger partial charge in [-0.05, 0) is 30.3 Å². The summed E-state index contributed by atoms with van der Waals surface area (Å²) in [4.78, 5) is 28.3. The molecular weight excluding hydrogens is 304 g/mol. The molecule has 2 heterocycles. The second-order valence-electron chi connectivity index (χ2n) is 5.63. The van der Waals surface area contributed by atoms with Gasteiger partial charge in [0.05, 0.1) is 18.3 Å². The van der Waals surface area contributed by atoms with Crippen LogP contribution in [0.4, 0.5) is 0 Å². The summed E-state index contributed by atoms with van der Waals surface area (Å²) in [6, 6.07) is 14.5. The van der Waals surface area contributed by atoms with Gasteiger partial charge in [-0.3, -0.25) is 4.79 Å². The monoisotopic (exact) mass is 318 g/mol. The molecule has 5 nitrogen and oxygen atoms in total. The van der Waals surface area contributed by atoms with Crippen LogP contribution in [0.25, 0.3) is 5.69 Å². The third-order valence-electron chi connectivity index (χ3n) is 4.14. The van der Waals surface area contributed by atoms with Gasteiger partial charge >= 0.3 is 5.97 Å². The molecule has 0 saturated carbocycles. The molecule has 24 heavy (non-hydrogen) atoms. The van der Waals surface area contributed by atoms with Gasteiger partial charge in [-0.15, -0.1) is 0 Å². The number of nitrogens with zero attached hydrogens (tertiary/aromatic N) is 2. The molecule has 4 rings (SSSR count). The van der Waals surface area contributed by atoms with E-state index in [0.717, 1.165) is 11.3 Å². The van der Waals surface area contributed by atoms with Gasteiger partial charge in [0.1, 0.15) is 6.10 Å². The zero-order chi connectivity index (χ0) is 16.5. The number of ether oxygens (including phenoxy) is 1. The molecule has 2 aromatic carbocycles. The van der Waals surface area contributed by atoms with Crippen molar-refractivity contribution in [3.8, 4) is 5.69 Å². The number of benzene rings is 2. The minimum atomic E-state index is -0.505. The van der Waals surface area contributed by atoms with Crippen LogP contribution in [0, 0.1) is 0 Å². The van der Waals surface area contributed by atoms with Crippen molar-refractivity contribution in [3.05, 3.63) is 83.9 Å². The number of rotatable bonds is 4. The Morgan fingerprint density at radius 2 is 1.92 bits per heavy atom. The van der Waals surface area contributed by atoms with Crippen LogP contribution >= 0.6 is 0 Å². The fourth-order valence-corrected chi connectivity index (χ4v) is 2.89. The van der Waals surface area contributed by atoms with Crippen molar-refractivity contribution in [1.82, 2.24) is 9.55 Å². The number of cyclic esters (lactones) is 1. The average Bonchev–Trinajstić information content (AvgIpc) is 3.25. The van der Waals surface area contributed by atoms with Crippen LogP contribution in [-0.4, -0.2) is 21.3 Å². The van der Waals surface area contributed by atoms with E-state index < -0.39 is 6.10 Å². The van der Waals surface area contributed by atoms with Crippen LogP contribution in [0.1, 0.15) is 38.8 Å². The molecule has 0 saturated heterocycles. The van der Waals surface area contributed by atoms with Crippen LogP contribution in [-0.2, 0) is 4.74 Å². The van der Waals surface area contributed by atoms with Crippen molar-refractivity contribution in [1.29, 1.82) is 0 Å². The minimum Gasteiger partial charge on any atom is -0.453 e. The molecule has 118 valence electrons. The van der Waals surface area contributed by atoms with Crippen molar-refractivity contribution < 1.29 is 14.3 Å². The van der Waals surface area contributed by atoms with E-state index in [1.165, 1.54) is 0 Å². The van der Waals surface area contributed by atoms with E-state index in [0.29, 0.717) is 11.1 Å². The molecule has 1 aromatic heterocycles. The standard InChI is InChI=1S/C19H14N2O3/c22-17(11-18-15-3-1-2-4-16(15)19(23)24-18)13-5-7-14(8-6-13)21-10-9-20-12-21/h1-10,12,18H,11H2/t18-/m1/s1. The Morgan fingerprint density at radius 1 is 1.12 bits per heavy atom. The first-order chi connectivity index (χ1) is 11.7. The Labute approximate surface area is 138 Å². The number of hydrogen-bond donors (Lipinski definition) is 0. The van der Waals surface area contributed by atoms with Gasteiger partial charge in [0.2, 0.25) is 0 Å². The third kappa shape index (κ3) is 2.50. The number of esters is 1. The number of ketones is 1. The average molecular weight is 318 g/mol. The SMILES string of the molecule is O=C(C[C@H]1OC(=O)c2ccccc21)c1ccc(-n2ccnc2)cc1. The third-order valence-corrected chi connectivity index (χ3v) is 4.14. The van der Waals surface area contributed by atoms with E-state index >= 15 is 0 Å². The van der Waals surface area contributed by atoms with Gasteiger partial charge < -0.3 is 9.30 Å². The van der Waals surface area contributed by atoms with E-state index in [1.807, 2.05) is 35.0 Å². The van der Waals surface area contributed by atoms with Crippen molar-refractivity contribution in [2.24, 2.45) is 0 Å². The number of Topliss-reactive ketones (excluding diaryl/α,β-unsaturated/α-hetero) is 1. The highest BCUT2D eigenvalue weighted by Crippen LogP contribution is 2.33. The predicted octanol–water partition coefficient (Wildman–Crippen LogP) is 3.36. The number of carbonyl (C=O) groups excluding carboxylic acids is 2. The van der Waals surface area contributed by atoms with Crippen molar-refractivity contribution in [2.45, 2.75) is 12.5 Å². The molecule has 0 amide bonds. The zero-order valence-corrected chi connectivity index (χ0v) is 12.8. The molecule has 5 heteroatoms. The summed E-state index contributed by atoms with van der Waals surface area (Å²) in [5, 5.41) is 0. The molecule has 0 unspecified atom stereocenters. The molecule has 0 N–H and O–H groups in total. The summed E-state index contributed by atoms with van der Waals surface area (Å²) in [5.74, 6) is -0.416. The summed E-state index contributed by atoms with van der Waals surface area (Å²) >= 11 is 0. The Balaban J connectivity index is 1.52. The van der Waals surface area contributed by atoms with Crippen LogP contribution in [0.3, 0.4) is 0 Å². The molecule has 0 aliphatic carbocycles. The smallest absolute Gasteiger partial charge is 0.339 e. The second kappa shape index (κ2) is 5.77. The largest absolute Gasteiger partial charge is 0.453 e. The van der Waals surface area contributed by atoms with Gasteiger partial charge in [-0.2, -0.15) is 0 Å². The fourth-order valence-electron chi connectivity index (χ4n) is 2.89. The van der Waals surface area contributed by atoms with E-state index in [4.69, 9.17) is 4.74 Å². The van der Waals surface area contributed by atoms with E-state index in [1.54, 1.807) is 36.8 Å². The minimum absolute atomic E-state index is 0.0540. The number of carbonyl (C=O) groups is 2. The first kappa shape index (κ1) is 14.4. The highest BCUT2D eigenvalue weighted by Gasteiger charge is 2.32. The topological polar surface area (TPSA) is 61.2 Å². The lowest BCUT2D eigenvalue weighted by atomic mass is 9.98.